The van der Waals surface area contributed by atoms with Gasteiger partial charge in [-0.15, -0.1) is 0 Å². The van der Waals surface area contributed by atoms with E-state index in [0.29, 0.717) is 6.54 Å². The minimum atomic E-state index is -0.317. The minimum Gasteiger partial charge on any atom is -0.352 e. The van der Waals surface area contributed by atoms with Gasteiger partial charge in [0.1, 0.15) is 0 Å². The summed E-state index contributed by atoms with van der Waals surface area (Å²) in [6.07, 6.45) is 0.217. The number of amides is 2. The highest BCUT2D eigenvalue weighted by atomic mass is 16.2. The summed E-state index contributed by atoms with van der Waals surface area (Å²) in [5.74, 6) is -0.233. The Bertz CT molecular complexity index is 711. The normalized spacial score (nSPS) is 11.6. The lowest BCUT2D eigenvalue weighted by molar-refractivity contribution is -0.122. The summed E-state index contributed by atoms with van der Waals surface area (Å²) in [6.45, 7) is 6.04. The Morgan fingerprint density at radius 3 is 2.38 bits per heavy atom. The second-order valence-electron chi connectivity index (χ2n) is 6.07. The van der Waals surface area contributed by atoms with Gasteiger partial charge >= 0.3 is 0 Å². The Hall–Kier alpha value is -2.62. The molecule has 0 heterocycles. The topological polar surface area (TPSA) is 58.2 Å². The summed E-state index contributed by atoms with van der Waals surface area (Å²) in [5.41, 5.74) is 4.40. The zero-order valence-corrected chi connectivity index (χ0v) is 14.4. The first-order chi connectivity index (χ1) is 11.5. The number of carbonyl (C=O) groups excluding carboxylic acids is 2. The zero-order chi connectivity index (χ0) is 17.5. The van der Waals surface area contributed by atoms with Gasteiger partial charge in [-0.1, -0.05) is 54.1 Å². The van der Waals surface area contributed by atoms with Gasteiger partial charge in [0.25, 0.3) is 0 Å². The molecule has 126 valence electrons. The van der Waals surface area contributed by atoms with Gasteiger partial charge in [-0.3, -0.25) is 9.59 Å². The molecule has 0 bridgehead atoms. The molecule has 2 rings (SSSR count). The van der Waals surface area contributed by atoms with Crippen LogP contribution in [0.2, 0.25) is 0 Å². The molecule has 0 radical (unpaired) electrons. The Balaban J connectivity index is 1.98. The molecule has 0 saturated heterocycles. The third-order valence-electron chi connectivity index (χ3n) is 3.94. The van der Waals surface area contributed by atoms with Crippen molar-refractivity contribution in [1.29, 1.82) is 0 Å². The van der Waals surface area contributed by atoms with E-state index in [2.05, 4.69) is 16.7 Å². The third kappa shape index (κ3) is 5.23. The Morgan fingerprint density at radius 1 is 1.04 bits per heavy atom. The van der Waals surface area contributed by atoms with E-state index in [1.165, 1.54) is 12.5 Å². The largest absolute Gasteiger partial charge is 0.352 e. The predicted octanol–water partition coefficient (Wildman–Crippen LogP) is 3.19. The molecule has 2 N–H and O–H groups in total. The molecule has 4 heteroatoms. The molecular formula is C20H24N2O2. The average molecular weight is 324 g/mol. The van der Waals surface area contributed by atoms with Gasteiger partial charge < -0.3 is 10.6 Å². The van der Waals surface area contributed by atoms with Crippen LogP contribution in [-0.2, 0) is 16.1 Å². The molecule has 0 aliphatic carbocycles. The first-order valence-electron chi connectivity index (χ1n) is 8.10. The van der Waals surface area contributed by atoms with Crippen LogP contribution in [0.3, 0.4) is 0 Å². The highest BCUT2D eigenvalue weighted by molar-refractivity contribution is 5.79. The summed E-state index contributed by atoms with van der Waals surface area (Å²) in [7, 11) is 0. The van der Waals surface area contributed by atoms with E-state index in [4.69, 9.17) is 0 Å². The molecule has 1 unspecified atom stereocenters. The monoisotopic (exact) mass is 324 g/mol. The van der Waals surface area contributed by atoms with Crippen LogP contribution in [0, 0.1) is 13.8 Å². The zero-order valence-electron chi connectivity index (χ0n) is 14.4. The molecule has 4 nitrogen and oxygen atoms in total. The molecule has 0 spiro atoms. The van der Waals surface area contributed by atoms with Crippen LogP contribution >= 0.6 is 0 Å². The maximum Gasteiger partial charge on any atom is 0.222 e. The summed E-state index contributed by atoms with van der Waals surface area (Å²) >= 11 is 0. The standard InChI is InChI=1S/C20H24N2O2/c1-14-9-10-18(15(2)11-14)13-21-20(24)12-19(22-16(3)23)17-7-5-4-6-8-17/h4-11,19H,12-13H2,1-3H3,(H,21,24)(H,22,23). The van der Waals surface area contributed by atoms with Gasteiger partial charge in [0.15, 0.2) is 0 Å². The second-order valence-corrected chi connectivity index (χ2v) is 6.07. The van der Waals surface area contributed by atoms with Crippen molar-refractivity contribution in [2.24, 2.45) is 0 Å². The van der Waals surface area contributed by atoms with Crippen molar-refractivity contribution >= 4 is 11.8 Å². The molecule has 2 amide bonds. The molecule has 2 aromatic carbocycles. The van der Waals surface area contributed by atoms with Crippen LogP contribution in [0.15, 0.2) is 48.5 Å². The lowest BCUT2D eigenvalue weighted by atomic mass is 10.0. The van der Waals surface area contributed by atoms with Crippen LogP contribution in [0.25, 0.3) is 0 Å². The molecule has 0 aromatic heterocycles. The van der Waals surface area contributed by atoms with Crippen molar-refractivity contribution in [2.45, 2.75) is 39.8 Å². The van der Waals surface area contributed by atoms with Gasteiger partial charge in [0.05, 0.1) is 12.5 Å². The van der Waals surface area contributed by atoms with E-state index in [1.807, 2.05) is 56.3 Å². The van der Waals surface area contributed by atoms with E-state index in [-0.39, 0.29) is 24.3 Å². The van der Waals surface area contributed by atoms with E-state index in [1.54, 1.807) is 0 Å². The van der Waals surface area contributed by atoms with Gasteiger partial charge in [-0.25, -0.2) is 0 Å². The summed E-state index contributed by atoms with van der Waals surface area (Å²) < 4.78 is 0. The predicted molar refractivity (Wildman–Crippen MR) is 95.4 cm³/mol. The fraction of sp³-hybridized carbons (Fsp3) is 0.300. The molecule has 24 heavy (non-hydrogen) atoms. The van der Waals surface area contributed by atoms with Crippen LogP contribution in [0.5, 0.6) is 0 Å². The average Bonchev–Trinajstić information content (AvgIpc) is 2.54. The number of hydrogen-bond acceptors (Lipinski definition) is 2. The van der Waals surface area contributed by atoms with Crippen LogP contribution in [-0.4, -0.2) is 11.8 Å². The van der Waals surface area contributed by atoms with Crippen LogP contribution in [0.4, 0.5) is 0 Å². The summed E-state index contributed by atoms with van der Waals surface area (Å²) in [5, 5.41) is 5.79. The van der Waals surface area contributed by atoms with Crippen molar-refractivity contribution in [2.75, 3.05) is 0 Å². The Morgan fingerprint density at radius 2 is 1.75 bits per heavy atom. The number of rotatable bonds is 6. The number of nitrogens with one attached hydrogen (secondary N) is 2. The molecule has 1 atom stereocenters. The third-order valence-corrected chi connectivity index (χ3v) is 3.94. The summed E-state index contributed by atoms with van der Waals surface area (Å²) in [6, 6.07) is 15.4. The highest BCUT2D eigenvalue weighted by Crippen LogP contribution is 2.17. The fourth-order valence-electron chi connectivity index (χ4n) is 2.68. The van der Waals surface area contributed by atoms with Crippen molar-refractivity contribution in [1.82, 2.24) is 10.6 Å². The maximum absolute atomic E-state index is 12.3. The van der Waals surface area contributed by atoms with Crippen LogP contribution < -0.4 is 10.6 Å². The molecule has 0 aliphatic heterocycles. The highest BCUT2D eigenvalue weighted by Gasteiger charge is 2.16. The molecule has 0 aliphatic rings. The van der Waals surface area contributed by atoms with Crippen molar-refractivity contribution in [3.05, 3.63) is 70.8 Å². The molecule has 2 aromatic rings. The SMILES string of the molecule is CC(=O)NC(CC(=O)NCc1ccc(C)cc1C)c1ccccc1. The number of benzene rings is 2. The smallest absolute Gasteiger partial charge is 0.222 e. The minimum absolute atomic E-state index is 0.0856. The first kappa shape index (κ1) is 17.7. The van der Waals surface area contributed by atoms with Crippen LogP contribution in [0.1, 0.15) is 41.6 Å². The lowest BCUT2D eigenvalue weighted by Crippen LogP contribution is -2.32. The van der Waals surface area contributed by atoms with E-state index < -0.39 is 0 Å². The van der Waals surface area contributed by atoms with E-state index in [9.17, 15) is 9.59 Å². The lowest BCUT2D eigenvalue weighted by Gasteiger charge is -2.18. The van der Waals surface area contributed by atoms with Gasteiger partial charge in [0, 0.05) is 13.5 Å². The molecular weight excluding hydrogens is 300 g/mol. The number of hydrogen-bond donors (Lipinski definition) is 2. The fourth-order valence-corrected chi connectivity index (χ4v) is 2.68. The van der Waals surface area contributed by atoms with E-state index in [0.717, 1.165) is 16.7 Å². The first-order valence-corrected chi connectivity index (χ1v) is 8.10. The van der Waals surface area contributed by atoms with Crippen molar-refractivity contribution < 1.29 is 9.59 Å². The number of carbonyl (C=O) groups is 2. The Kier molecular flexibility index (Phi) is 6.13. The summed E-state index contributed by atoms with van der Waals surface area (Å²) in [4.78, 5) is 23.7. The van der Waals surface area contributed by atoms with Gasteiger partial charge in [-0.05, 0) is 30.5 Å². The van der Waals surface area contributed by atoms with Crippen molar-refractivity contribution in [3.8, 4) is 0 Å². The van der Waals surface area contributed by atoms with Gasteiger partial charge in [-0.2, -0.15) is 0 Å². The Labute approximate surface area is 143 Å². The number of aryl methyl sites for hydroxylation is 2. The second kappa shape index (κ2) is 8.29. The molecule has 0 fully saturated rings. The maximum atomic E-state index is 12.3. The van der Waals surface area contributed by atoms with Crippen molar-refractivity contribution in [3.63, 3.8) is 0 Å². The van der Waals surface area contributed by atoms with Gasteiger partial charge in [0.2, 0.25) is 11.8 Å². The quantitative estimate of drug-likeness (QED) is 0.857. The molecule has 0 saturated carbocycles. The van der Waals surface area contributed by atoms with E-state index >= 15 is 0 Å².